The molecule has 0 aliphatic heterocycles. The third kappa shape index (κ3) is 4.10. The Labute approximate surface area is 194 Å². The van der Waals surface area contributed by atoms with Crippen molar-refractivity contribution in [3.8, 4) is 0 Å². The van der Waals surface area contributed by atoms with Crippen molar-refractivity contribution in [2.75, 3.05) is 0 Å². The van der Waals surface area contributed by atoms with Gasteiger partial charge in [0.15, 0.2) is 5.76 Å². The Morgan fingerprint density at radius 1 is 1.15 bits per heavy atom. The number of hydrogen-bond acceptors (Lipinski definition) is 7. The maximum Gasteiger partial charge on any atom is 0.332 e. The fraction of sp³-hybridized carbons (Fsp3) is 0.364. The molecular formula is C22H24N6O5S. The second-order valence-electron chi connectivity index (χ2n) is 9.06. The van der Waals surface area contributed by atoms with Gasteiger partial charge in [-0.1, -0.05) is 5.16 Å². The predicted molar refractivity (Wildman–Crippen MR) is 123 cm³/mol. The summed E-state index contributed by atoms with van der Waals surface area (Å²) in [5.41, 5.74) is 0.0394. The maximum absolute atomic E-state index is 13.4. The van der Waals surface area contributed by atoms with Crippen LogP contribution in [0.3, 0.4) is 0 Å². The number of sulfonamides is 1. The average Bonchev–Trinajstić information content (AvgIpc) is 3.14. The Kier molecular flexibility index (Phi) is 5.10. The van der Waals surface area contributed by atoms with Gasteiger partial charge in [0.25, 0.3) is 5.56 Å². The van der Waals surface area contributed by atoms with Crippen molar-refractivity contribution in [2.45, 2.75) is 50.2 Å². The van der Waals surface area contributed by atoms with E-state index in [4.69, 9.17) is 4.52 Å². The lowest BCUT2D eigenvalue weighted by Crippen LogP contribution is -2.40. The normalized spacial score (nSPS) is 15.1. The molecule has 1 aliphatic carbocycles. The van der Waals surface area contributed by atoms with E-state index >= 15 is 0 Å². The minimum absolute atomic E-state index is 0.00974. The van der Waals surface area contributed by atoms with Gasteiger partial charge in [-0.15, -0.1) is 0 Å². The van der Waals surface area contributed by atoms with E-state index in [1.165, 1.54) is 22.8 Å². The average molecular weight is 485 g/mol. The first-order chi connectivity index (χ1) is 16.0. The summed E-state index contributed by atoms with van der Waals surface area (Å²) >= 11 is 0. The van der Waals surface area contributed by atoms with Crippen molar-refractivity contribution in [1.82, 2.24) is 28.8 Å². The lowest BCUT2D eigenvalue weighted by atomic mass is 10.2. The van der Waals surface area contributed by atoms with Gasteiger partial charge < -0.3 is 4.52 Å². The van der Waals surface area contributed by atoms with Gasteiger partial charge in [-0.05, 0) is 44.9 Å². The second-order valence-corrected chi connectivity index (χ2v) is 10.7. The maximum atomic E-state index is 13.4. The van der Waals surface area contributed by atoms with Crippen LogP contribution in [0.15, 0.2) is 55.7 Å². The molecule has 0 bridgehead atoms. The summed E-state index contributed by atoms with van der Waals surface area (Å²) in [7, 11) is -2.10. The van der Waals surface area contributed by atoms with E-state index in [2.05, 4.69) is 15.0 Å². The van der Waals surface area contributed by atoms with E-state index in [1.54, 1.807) is 37.1 Å². The van der Waals surface area contributed by atoms with E-state index < -0.39 is 26.8 Å². The summed E-state index contributed by atoms with van der Waals surface area (Å²) < 4.78 is 37.9. The molecule has 1 aromatic carbocycles. The first kappa shape index (κ1) is 22.3. The summed E-state index contributed by atoms with van der Waals surface area (Å²) in [5, 5.41) is 8.07. The van der Waals surface area contributed by atoms with Crippen LogP contribution in [0, 0.1) is 6.92 Å². The summed E-state index contributed by atoms with van der Waals surface area (Å²) in [6.45, 7) is 3.63. The predicted octanol–water partition coefficient (Wildman–Crippen LogP) is 1.12. The van der Waals surface area contributed by atoms with E-state index in [0.29, 0.717) is 22.5 Å². The Morgan fingerprint density at radius 2 is 1.91 bits per heavy atom. The van der Waals surface area contributed by atoms with Crippen LogP contribution in [-0.2, 0) is 30.2 Å². The third-order valence-corrected chi connectivity index (χ3v) is 7.61. The molecule has 3 heterocycles. The van der Waals surface area contributed by atoms with Gasteiger partial charge in [0.2, 0.25) is 10.0 Å². The standard InChI is InChI=1S/C22H24N6O5S/c1-14-8-16(33-24-14)13-27-19-5-4-17(34(31,32)25-22(2)6-7-22)9-18(19)20(29)28(21(27)30)12-15-10-23-26(3)11-15/h4-5,8-11,25H,6-7,12-13H2,1-3H3. The lowest BCUT2D eigenvalue weighted by molar-refractivity contribution is 0.371. The second kappa shape index (κ2) is 7.77. The SMILES string of the molecule is Cc1cc(Cn2c(=O)n(Cc3cnn(C)c3)c(=O)c3cc(S(=O)(=O)NC4(C)CC4)ccc32)on1. The van der Waals surface area contributed by atoms with Crippen LogP contribution in [0.25, 0.3) is 10.9 Å². The lowest BCUT2D eigenvalue weighted by Gasteiger charge is -2.15. The monoisotopic (exact) mass is 484 g/mol. The molecule has 12 heteroatoms. The molecule has 1 aliphatic rings. The molecular weight excluding hydrogens is 460 g/mol. The van der Waals surface area contributed by atoms with Crippen LogP contribution in [0.1, 0.15) is 36.8 Å². The minimum Gasteiger partial charge on any atom is -0.359 e. The molecule has 11 nitrogen and oxygen atoms in total. The molecule has 0 spiro atoms. The zero-order chi connectivity index (χ0) is 24.3. The molecule has 178 valence electrons. The Morgan fingerprint density at radius 3 is 2.53 bits per heavy atom. The highest BCUT2D eigenvalue weighted by Gasteiger charge is 2.41. The number of nitrogens with zero attached hydrogens (tertiary/aromatic N) is 5. The first-order valence-corrected chi connectivity index (χ1v) is 12.2. The number of rotatable bonds is 7. The first-order valence-electron chi connectivity index (χ1n) is 10.8. The van der Waals surface area contributed by atoms with Crippen LogP contribution < -0.4 is 16.0 Å². The fourth-order valence-corrected chi connectivity index (χ4v) is 5.41. The summed E-state index contributed by atoms with van der Waals surface area (Å²) in [5.74, 6) is 0.437. The summed E-state index contributed by atoms with van der Waals surface area (Å²) in [6, 6.07) is 5.92. The Balaban J connectivity index is 1.69. The van der Waals surface area contributed by atoms with Gasteiger partial charge in [0, 0.05) is 30.4 Å². The highest BCUT2D eigenvalue weighted by atomic mass is 32.2. The molecule has 4 aromatic rings. The molecule has 3 aromatic heterocycles. The van der Waals surface area contributed by atoms with Gasteiger partial charge >= 0.3 is 5.69 Å². The molecule has 5 rings (SSSR count). The Bertz CT molecular complexity index is 1640. The van der Waals surface area contributed by atoms with E-state index in [-0.39, 0.29) is 23.4 Å². The van der Waals surface area contributed by atoms with Crippen molar-refractivity contribution in [3.63, 3.8) is 0 Å². The molecule has 1 saturated carbocycles. The van der Waals surface area contributed by atoms with E-state index in [0.717, 1.165) is 17.4 Å². The number of aryl methyl sites for hydroxylation is 2. The van der Waals surface area contributed by atoms with Crippen molar-refractivity contribution in [2.24, 2.45) is 7.05 Å². The molecule has 0 amide bonds. The smallest absolute Gasteiger partial charge is 0.332 e. The zero-order valence-electron chi connectivity index (χ0n) is 19.0. The van der Waals surface area contributed by atoms with Crippen LogP contribution >= 0.6 is 0 Å². The molecule has 0 atom stereocenters. The summed E-state index contributed by atoms with van der Waals surface area (Å²) in [4.78, 5) is 26.8. The van der Waals surface area contributed by atoms with Crippen LogP contribution in [0.5, 0.6) is 0 Å². The van der Waals surface area contributed by atoms with Crippen molar-refractivity contribution in [1.29, 1.82) is 0 Å². The number of benzene rings is 1. The molecule has 0 saturated heterocycles. The fourth-order valence-electron chi connectivity index (χ4n) is 3.92. The minimum atomic E-state index is -3.84. The van der Waals surface area contributed by atoms with Crippen LogP contribution in [0.2, 0.25) is 0 Å². The van der Waals surface area contributed by atoms with Crippen LogP contribution in [-0.4, -0.2) is 38.0 Å². The number of fused-ring (bicyclic) bond motifs is 1. The van der Waals surface area contributed by atoms with Gasteiger partial charge in [-0.25, -0.2) is 17.9 Å². The van der Waals surface area contributed by atoms with Crippen molar-refractivity contribution < 1.29 is 12.9 Å². The molecule has 0 radical (unpaired) electrons. The number of hydrogen-bond donors (Lipinski definition) is 1. The topological polar surface area (TPSA) is 134 Å². The van der Waals surface area contributed by atoms with E-state index in [1.807, 2.05) is 6.92 Å². The van der Waals surface area contributed by atoms with Crippen LogP contribution in [0.4, 0.5) is 0 Å². The molecule has 0 unspecified atom stereocenters. The van der Waals surface area contributed by atoms with Gasteiger partial charge in [0.05, 0.1) is 40.8 Å². The Hall–Kier alpha value is -3.51. The largest absolute Gasteiger partial charge is 0.359 e. The van der Waals surface area contributed by atoms with Gasteiger partial charge in [-0.2, -0.15) is 5.10 Å². The molecule has 34 heavy (non-hydrogen) atoms. The zero-order valence-corrected chi connectivity index (χ0v) is 19.8. The third-order valence-electron chi connectivity index (χ3n) is 5.98. The van der Waals surface area contributed by atoms with E-state index in [9.17, 15) is 18.0 Å². The highest BCUT2D eigenvalue weighted by Crippen LogP contribution is 2.36. The molecule has 1 N–H and O–H groups in total. The molecule has 1 fully saturated rings. The number of nitrogens with one attached hydrogen (secondary N) is 1. The van der Waals surface area contributed by atoms with Gasteiger partial charge in [-0.3, -0.25) is 18.6 Å². The highest BCUT2D eigenvalue weighted by molar-refractivity contribution is 7.89. The number of aromatic nitrogens is 5. The van der Waals surface area contributed by atoms with Gasteiger partial charge in [0.1, 0.15) is 0 Å². The summed E-state index contributed by atoms with van der Waals surface area (Å²) in [6.07, 6.45) is 4.80. The quantitative estimate of drug-likeness (QED) is 0.415. The van der Waals surface area contributed by atoms with Crippen molar-refractivity contribution in [3.05, 3.63) is 74.5 Å². The van der Waals surface area contributed by atoms with Crippen molar-refractivity contribution >= 4 is 20.9 Å².